The first-order valence-electron chi connectivity index (χ1n) is 4.74. The van der Waals surface area contributed by atoms with Crippen molar-refractivity contribution in [2.45, 2.75) is 13.8 Å². The molecule has 0 aromatic carbocycles. The Morgan fingerprint density at radius 2 is 2.07 bits per heavy atom. The standard InChI is InChI=1S/C10H19NO3/c1-4-9(2)10(12)14-8-7-13-6-5-11-3/h4,11H,5-8H2,1-3H3/b9-4+. The largest absolute Gasteiger partial charge is 0.460 e. The van der Waals surface area contributed by atoms with Crippen LogP contribution in [0.5, 0.6) is 0 Å². The molecule has 82 valence electrons. The lowest BCUT2D eigenvalue weighted by atomic mass is 10.3. The summed E-state index contributed by atoms with van der Waals surface area (Å²) in [7, 11) is 1.86. The molecule has 0 fully saturated rings. The van der Waals surface area contributed by atoms with Crippen LogP contribution in [0.15, 0.2) is 11.6 Å². The molecular formula is C10H19NO3. The predicted molar refractivity (Wildman–Crippen MR) is 55.1 cm³/mol. The zero-order chi connectivity index (χ0) is 10.8. The van der Waals surface area contributed by atoms with E-state index in [1.54, 1.807) is 19.9 Å². The minimum Gasteiger partial charge on any atom is -0.460 e. The molecule has 0 atom stereocenters. The van der Waals surface area contributed by atoms with Crippen LogP contribution in [-0.2, 0) is 14.3 Å². The smallest absolute Gasteiger partial charge is 0.333 e. The Balaban J connectivity index is 3.32. The average molecular weight is 201 g/mol. The van der Waals surface area contributed by atoms with Gasteiger partial charge in [0.25, 0.3) is 0 Å². The lowest BCUT2D eigenvalue weighted by Crippen LogP contribution is -2.17. The maximum absolute atomic E-state index is 11.1. The van der Waals surface area contributed by atoms with E-state index in [0.29, 0.717) is 25.4 Å². The van der Waals surface area contributed by atoms with E-state index in [1.807, 2.05) is 7.05 Å². The minimum absolute atomic E-state index is 0.273. The van der Waals surface area contributed by atoms with Crippen LogP contribution >= 0.6 is 0 Å². The average Bonchev–Trinajstić information content (AvgIpc) is 2.21. The van der Waals surface area contributed by atoms with Gasteiger partial charge >= 0.3 is 5.97 Å². The van der Waals surface area contributed by atoms with Gasteiger partial charge in [-0.25, -0.2) is 4.79 Å². The number of carbonyl (C=O) groups excluding carboxylic acids is 1. The maximum atomic E-state index is 11.1. The molecule has 0 aliphatic rings. The summed E-state index contributed by atoms with van der Waals surface area (Å²) in [4.78, 5) is 11.1. The lowest BCUT2D eigenvalue weighted by molar-refractivity contribution is -0.140. The fourth-order valence-electron chi connectivity index (χ4n) is 0.701. The first-order chi connectivity index (χ1) is 6.72. The van der Waals surface area contributed by atoms with E-state index in [-0.39, 0.29) is 5.97 Å². The second kappa shape index (κ2) is 8.72. The third kappa shape index (κ3) is 6.62. The van der Waals surface area contributed by atoms with Gasteiger partial charge in [0.05, 0.1) is 13.2 Å². The number of likely N-dealkylation sites (N-methyl/N-ethyl adjacent to an activating group) is 1. The van der Waals surface area contributed by atoms with Crippen molar-refractivity contribution in [3.05, 3.63) is 11.6 Å². The van der Waals surface area contributed by atoms with Crippen LogP contribution in [0.25, 0.3) is 0 Å². The molecule has 0 spiro atoms. The number of hydrogen-bond donors (Lipinski definition) is 1. The highest BCUT2D eigenvalue weighted by Gasteiger charge is 2.02. The van der Waals surface area contributed by atoms with E-state index in [0.717, 1.165) is 6.54 Å². The van der Waals surface area contributed by atoms with Crippen molar-refractivity contribution in [1.29, 1.82) is 0 Å². The Kier molecular flexibility index (Phi) is 8.17. The van der Waals surface area contributed by atoms with Crippen LogP contribution in [0.4, 0.5) is 0 Å². The van der Waals surface area contributed by atoms with Crippen LogP contribution in [-0.4, -0.2) is 39.4 Å². The molecular weight excluding hydrogens is 182 g/mol. The van der Waals surface area contributed by atoms with Gasteiger partial charge in [-0.1, -0.05) is 6.08 Å². The zero-order valence-corrected chi connectivity index (χ0v) is 9.13. The Morgan fingerprint density at radius 3 is 2.64 bits per heavy atom. The molecule has 0 aromatic heterocycles. The molecule has 0 aliphatic carbocycles. The van der Waals surface area contributed by atoms with Crippen LogP contribution in [0.2, 0.25) is 0 Å². The first kappa shape index (κ1) is 13.1. The molecule has 4 heteroatoms. The van der Waals surface area contributed by atoms with E-state index in [4.69, 9.17) is 9.47 Å². The Hall–Kier alpha value is -0.870. The van der Waals surface area contributed by atoms with E-state index in [2.05, 4.69) is 5.32 Å². The third-order valence-electron chi connectivity index (χ3n) is 1.71. The number of nitrogens with one attached hydrogen (secondary N) is 1. The molecule has 0 amide bonds. The Bertz CT molecular complexity index is 190. The van der Waals surface area contributed by atoms with Crippen molar-refractivity contribution >= 4 is 5.97 Å². The first-order valence-corrected chi connectivity index (χ1v) is 4.74. The fourth-order valence-corrected chi connectivity index (χ4v) is 0.701. The van der Waals surface area contributed by atoms with E-state index in [9.17, 15) is 4.79 Å². The molecule has 0 aliphatic heterocycles. The normalized spacial score (nSPS) is 11.5. The summed E-state index contributed by atoms with van der Waals surface area (Å²) in [6, 6.07) is 0. The second-order valence-corrected chi connectivity index (χ2v) is 2.82. The molecule has 0 heterocycles. The third-order valence-corrected chi connectivity index (χ3v) is 1.71. The predicted octanol–water partition coefficient (Wildman–Crippen LogP) is 0.732. The highest BCUT2D eigenvalue weighted by atomic mass is 16.6. The van der Waals surface area contributed by atoms with Crippen LogP contribution in [0, 0.1) is 0 Å². The molecule has 0 rings (SSSR count). The van der Waals surface area contributed by atoms with Crippen molar-refractivity contribution in [3.63, 3.8) is 0 Å². The van der Waals surface area contributed by atoms with Gasteiger partial charge in [0.15, 0.2) is 0 Å². The number of carbonyl (C=O) groups is 1. The van der Waals surface area contributed by atoms with E-state index < -0.39 is 0 Å². The van der Waals surface area contributed by atoms with Gasteiger partial charge < -0.3 is 14.8 Å². The van der Waals surface area contributed by atoms with Crippen molar-refractivity contribution in [2.75, 3.05) is 33.4 Å². The molecule has 1 N–H and O–H groups in total. The van der Waals surface area contributed by atoms with Gasteiger partial charge in [-0.3, -0.25) is 0 Å². The van der Waals surface area contributed by atoms with Crippen molar-refractivity contribution in [3.8, 4) is 0 Å². The van der Waals surface area contributed by atoms with Crippen LogP contribution in [0.3, 0.4) is 0 Å². The molecule has 14 heavy (non-hydrogen) atoms. The number of hydrogen-bond acceptors (Lipinski definition) is 4. The summed E-state index contributed by atoms with van der Waals surface area (Å²) in [5.41, 5.74) is 0.625. The summed E-state index contributed by atoms with van der Waals surface area (Å²) in [6.07, 6.45) is 1.73. The molecule has 0 radical (unpaired) electrons. The zero-order valence-electron chi connectivity index (χ0n) is 9.13. The topological polar surface area (TPSA) is 47.6 Å². The monoisotopic (exact) mass is 201 g/mol. The highest BCUT2D eigenvalue weighted by Crippen LogP contribution is 1.95. The quantitative estimate of drug-likeness (QED) is 0.375. The van der Waals surface area contributed by atoms with E-state index >= 15 is 0 Å². The summed E-state index contributed by atoms with van der Waals surface area (Å²) in [5.74, 6) is -0.273. The highest BCUT2D eigenvalue weighted by molar-refractivity contribution is 5.87. The molecule has 4 nitrogen and oxygen atoms in total. The number of rotatable bonds is 7. The van der Waals surface area contributed by atoms with E-state index in [1.165, 1.54) is 0 Å². The van der Waals surface area contributed by atoms with Crippen molar-refractivity contribution in [2.24, 2.45) is 0 Å². The maximum Gasteiger partial charge on any atom is 0.333 e. The number of allylic oxidation sites excluding steroid dienone is 1. The molecule has 0 saturated carbocycles. The SMILES string of the molecule is C/C=C(\C)C(=O)OCCOCCNC. The van der Waals surface area contributed by atoms with Gasteiger partial charge in [0, 0.05) is 12.1 Å². The molecule has 0 bridgehead atoms. The van der Waals surface area contributed by atoms with Crippen LogP contribution < -0.4 is 5.32 Å². The van der Waals surface area contributed by atoms with Gasteiger partial charge in [0.1, 0.15) is 6.61 Å². The summed E-state index contributed by atoms with van der Waals surface area (Å²) < 4.78 is 10.1. The lowest BCUT2D eigenvalue weighted by Gasteiger charge is -2.05. The number of ether oxygens (including phenoxy) is 2. The summed E-state index contributed by atoms with van der Waals surface area (Å²) >= 11 is 0. The van der Waals surface area contributed by atoms with Gasteiger partial charge in [-0.15, -0.1) is 0 Å². The number of esters is 1. The van der Waals surface area contributed by atoms with Gasteiger partial charge in [-0.05, 0) is 20.9 Å². The Morgan fingerprint density at radius 1 is 1.36 bits per heavy atom. The molecule has 0 saturated heterocycles. The minimum atomic E-state index is -0.273. The van der Waals surface area contributed by atoms with Gasteiger partial charge in [-0.2, -0.15) is 0 Å². The molecule has 0 unspecified atom stereocenters. The Labute approximate surface area is 85.3 Å². The summed E-state index contributed by atoms with van der Waals surface area (Å²) in [5, 5.41) is 2.95. The fraction of sp³-hybridized carbons (Fsp3) is 0.700. The van der Waals surface area contributed by atoms with Crippen LogP contribution in [0.1, 0.15) is 13.8 Å². The summed E-state index contributed by atoms with van der Waals surface area (Å²) in [6.45, 7) is 5.74. The second-order valence-electron chi connectivity index (χ2n) is 2.82. The molecule has 0 aromatic rings. The van der Waals surface area contributed by atoms with Crippen molar-refractivity contribution < 1.29 is 14.3 Å². The van der Waals surface area contributed by atoms with Gasteiger partial charge in [0.2, 0.25) is 0 Å². The van der Waals surface area contributed by atoms with Crippen molar-refractivity contribution in [1.82, 2.24) is 5.32 Å².